The molecular formula is C7H11FO. The number of allylic oxidation sites excluding steroid dienone is 1. The highest BCUT2D eigenvalue weighted by atomic mass is 19.1. The second kappa shape index (κ2) is 4.24. The highest BCUT2D eigenvalue weighted by Crippen LogP contribution is 1.98. The average Bonchev–Trinajstić information content (AvgIpc) is 1.82. The highest BCUT2D eigenvalue weighted by molar-refractivity contribution is 5.82. The van der Waals surface area contributed by atoms with E-state index in [1.54, 1.807) is 6.08 Å². The third-order valence-electron chi connectivity index (χ3n) is 1.04. The maximum absolute atomic E-state index is 12.0. The van der Waals surface area contributed by atoms with Crippen LogP contribution in [0.2, 0.25) is 0 Å². The van der Waals surface area contributed by atoms with Gasteiger partial charge in [0.25, 0.3) is 0 Å². The zero-order valence-corrected chi connectivity index (χ0v) is 5.56. The Bertz CT molecular complexity index is 107. The number of carbonyl (C=O) groups excluding carboxylic acids is 1. The summed E-state index contributed by atoms with van der Waals surface area (Å²) in [5, 5.41) is 0. The lowest BCUT2D eigenvalue weighted by Gasteiger charge is -1.96. The SMILES string of the molecule is C=CCCC(=O)C(C)F. The highest BCUT2D eigenvalue weighted by Gasteiger charge is 2.08. The first-order valence-corrected chi connectivity index (χ1v) is 2.96. The molecule has 0 aliphatic heterocycles. The molecule has 1 unspecified atom stereocenters. The van der Waals surface area contributed by atoms with E-state index in [1.807, 2.05) is 0 Å². The van der Waals surface area contributed by atoms with Gasteiger partial charge >= 0.3 is 0 Å². The molecule has 0 aromatic heterocycles. The maximum Gasteiger partial charge on any atom is 0.166 e. The molecule has 0 aromatic carbocycles. The van der Waals surface area contributed by atoms with Crippen LogP contribution in [0.15, 0.2) is 12.7 Å². The molecule has 0 aromatic rings. The molecule has 0 spiro atoms. The van der Waals surface area contributed by atoms with Gasteiger partial charge in [0.15, 0.2) is 12.0 Å². The van der Waals surface area contributed by atoms with E-state index in [9.17, 15) is 9.18 Å². The number of alkyl halides is 1. The Hall–Kier alpha value is -0.660. The van der Waals surface area contributed by atoms with Gasteiger partial charge in [-0.1, -0.05) is 6.08 Å². The summed E-state index contributed by atoms with van der Waals surface area (Å²) in [5.74, 6) is -0.338. The van der Waals surface area contributed by atoms with Crippen molar-refractivity contribution in [3.8, 4) is 0 Å². The van der Waals surface area contributed by atoms with Crippen molar-refractivity contribution < 1.29 is 9.18 Å². The monoisotopic (exact) mass is 130 g/mol. The first-order valence-electron chi connectivity index (χ1n) is 2.96. The van der Waals surface area contributed by atoms with E-state index < -0.39 is 6.17 Å². The molecule has 0 saturated heterocycles. The summed E-state index contributed by atoms with van der Waals surface area (Å²) >= 11 is 0. The Morgan fingerprint density at radius 2 is 2.44 bits per heavy atom. The molecule has 0 saturated carbocycles. The van der Waals surface area contributed by atoms with E-state index in [0.29, 0.717) is 6.42 Å². The van der Waals surface area contributed by atoms with Crippen LogP contribution in [0.5, 0.6) is 0 Å². The van der Waals surface area contributed by atoms with Crippen molar-refractivity contribution in [1.29, 1.82) is 0 Å². The van der Waals surface area contributed by atoms with Crippen LogP contribution in [-0.4, -0.2) is 12.0 Å². The zero-order chi connectivity index (χ0) is 7.28. The third kappa shape index (κ3) is 3.88. The quantitative estimate of drug-likeness (QED) is 0.531. The lowest BCUT2D eigenvalue weighted by atomic mass is 10.2. The molecule has 0 N–H and O–H groups in total. The predicted octanol–water partition coefficient (Wildman–Crippen LogP) is 1.88. The molecule has 0 aliphatic carbocycles. The number of carbonyl (C=O) groups is 1. The molecule has 0 aliphatic rings. The van der Waals surface area contributed by atoms with Crippen molar-refractivity contribution >= 4 is 5.78 Å². The minimum absolute atomic E-state index is 0.279. The lowest BCUT2D eigenvalue weighted by Crippen LogP contribution is -2.09. The second-order valence-electron chi connectivity index (χ2n) is 1.91. The largest absolute Gasteiger partial charge is 0.296 e. The minimum atomic E-state index is -1.31. The van der Waals surface area contributed by atoms with Crippen molar-refractivity contribution in [3.05, 3.63) is 12.7 Å². The van der Waals surface area contributed by atoms with Gasteiger partial charge in [0.05, 0.1) is 0 Å². The van der Waals surface area contributed by atoms with Gasteiger partial charge in [0.1, 0.15) is 0 Å². The van der Waals surface area contributed by atoms with E-state index in [0.717, 1.165) is 0 Å². The molecule has 0 radical (unpaired) electrons. The predicted molar refractivity (Wildman–Crippen MR) is 35.0 cm³/mol. The van der Waals surface area contributed by atoms with E-state index in [-0.39, 0.29) is 12.2 Å². The summed E-state index contributed by atoms with van der Waals surface area (Å²) in [4.78, 5) is 10.5. The number of rotatable bonds is 4. The van der Waals surface area contributed by atoms with Gasteiger partial charge in [0, 0.05) is 6.42 Å². The van der Waals surface area contributed by atoms with Gasteiger partial charge in [-0.3, -0.25) is 4.79 Å². The van der Waals surface area contributed by atoms with Crippen LogP contribution in [0, 0.1) is 0 Å². The molecule has 2 heteroatoms. The van der Waals surface area contributed by atoms with E-state index in [2.05, 4.69) is 6.58 Å². The Morgan fingerprint density at radius 3 is 2.78 bits per heavy atom. The van der Waals surface area contributed by atoms with Crippen LogP contribution < -0.4 is 0 Å². The second-order valence-corrected chi connectivity index (χ2v) is 1.91. The minimum Gasteiger partial charge on any atom is -0.296 e. The summed E-state index contributed by atoms with van der Waals surface area (Å²) in [5.41, 5.74) is 0. The maximum atomic E-state index is 12.0. The van der Waals surface area contributed by atoms with Gasteiger partial charge in [-0.05, 0) is 13.3 Å². The Balaban J connectivity index is 3.38. The molecule has 1 nitrogen and oxygen atoms in total. The number of halogens is 1. The van der Waals surface area contributed by atoms with Crippen LogP contribution in [0.1, 0.15) is 19.8 Å². The van der Waals surface area contributed by atoms with E-state index in [1.165, 1.54) is 6.92 Å². The number of Topliss-reactive ketones (excluding diaryl/α,β-unsaturated/α-hetero) is 1. The van der Waals surface area contributed by atoms with Gasteiger partial charge in [-0.2, -0.15) is 0 Å². The third-order valence-corrected chi connectivity index (χ3v) is 1.04. The molecule has 0 heterocycles. The van der Waals surface area contributed by atoms with Crippen LogP contribution >= 0.6 is 0 Å². The molecule has 0 bridgehead atoms. The van der Waals surface area contributed by atoms with Crippen molar-refractivity contribution in [2.75, 3.05) is 0 Å². The molecule has 52 valence electrons. The number of hydrogen-bond acceptors (Lipinski definition) is 1. The molecule has 0 fully saturated rings. The van der Waals surface area contributed by atoms with Crippen molar-refractivity contribution in [3.63, 3.8) is 0 Å². The summed E-state index contributed by atoms with van der Waals surface area (Å²) in [6, 6.07) is 0. The van der Waals surface area contributed by atoms with E-state index >= 15 is 0 Å². The fourth-order valence-corrected chi connectivity index (χ4v) is 0.443. The number of hydrogen-bond donors (Lipinski definition) is 0. The smallest absolute Gasteiger partial charge is 0.166 e. The van der Waals surface area contributed by atoms with Gasteiger partial charge in [-0.25, -0.2) is 4.39 Å². The van der Waals surface area contributed by atoms with Crippen molar-refractivity contribution in [2.24, 2.45) is 0 Å². The summed E-state index contributed by atoms with van der Waals surface area (Å²) < 4.78 is 12.0. The molecule has 1 atom stereocenters. The van der Waals surface area contributed by atoms with Gasteiger partial charge in [-0.15, -0.1) is 6.58 Å². The average molecular weight is 130 g/mol. The fourth-order valence-electron chi connectivity index (χ4n) is 0.443. The molecule has 0 rings (SSSR count). The Labute approximate surface area is 54.6 Å². The summed E-state index contributed by atoms with van der Waals surface area (Å²) in [6.45, 7) is 4.67. The van der Waals surface area contributed by atoms with Crippen LogP contribution in [0.25, 0.3) is 0 Å². The van der Waals surface area contributed by atoms with Crippen molar-refractivity contribution in [2.45, 2.75) is 25.9 Å². The molecule has 0 amide bonds. The first-order chi connectivity index (χ1) is 4.18. The Morgan fingerprint density at radius 1 is 1.89 bits per heavy atom. The standard InChI is InChI=1S/C7H11FO/c1-3-4-5-7(9)6(2)8/h3,6H,1,4-5H2,2H3. The van der Waals surface area contributed by atoms with Crippen molar-refractivity contribution in [1.82, 2.24) is 0 Å². The van der Waals surface area contributed by atoms with E-state index in [4.69, 9.17) is 0 Å². The number of ketones is 1. The molecular weight excluding hydrogens is 119 g/mol. The van der Waals surface area contributed by atoms with Gasteiger partial charge in [0.2, 0.25) is 0 Å². The normalized spacial score (nSPS) is 12.7. The van der Waals surface area contributed by atoms with Gasteiger partial charge < -0.3 is 0 Å². The zero-order valence-electron chi connectivity index (χ0n) is 5.56. The summed E-state index contributed by atoms with van der Waals surface area (Å²) in [7, 11) is 0. The fraction of sp³-hybridized carbons (Fsp3) is 0.571. The van der Waals surface area contributed by atoms with Crippen LogP contribution in [0.3, 0.4) is 0 Å². The topological polar surface area (TPSA) is 17.1 Å². The van der Waals surface area contributed by atoms with Crippen LogP contribution in [-0.2, 0) is 4.79 Å². The Kier molecular flexibility index (Phi) is 3.93. The summed E-state index contributed by atoms with van der Waals surface area (Å²) in [6.07, 6.45) is 1.15. The first kappa shape index (κ1) is 8.34. The molecule has 9 heavy (non-hydrogen) atoms. The van der Waals surface area contributed by atoms with Crippen LogP contribution in [0.4, 0.5) is 4.39 Å². The lowest BCUT2D eigenvalue weighted by molar-refractivity contribution is -0.123.